The van der Waals surface area contributed by atoms with Gasteiger partial charge in [0.25, 0.3) is 5.91 Å². The lowest BCUT2D eigenvalue weighted by Gasteiger charge is -2.15. The van der Waals surface area contributed by atoms with Gasteiger partial charge < -0.3 is 9.47 Å². The molecule has 0 atom stereocenters. The highest BCUT2D eigenvalue weighted by atomic mass is 32.2. The van der Waals surface area contributed by atoms with Crippen molar-refractivity contribution in [3.63, 3.8) is 0 Å². The molecule has 1 saturated heterocycles. The Labute approximate surface area is 197 Å². The van der Waals surface area contributed by atoms with Crippen molar-refractivity contribution in [2.45, 2.75) is 20.5 Å². The normalized spacial score (nSPS) is 14.8. The Morgan fingerprint density at radius 1 is 1.00 bits per heavy atom. The molecule has 32 heavy (non-hydrogen) atoms. The number of thiocarbonyl (C=S) groups is 1. The molecule has 3 aromatic carbocycles. The molecule has 1 amide bonds. The number of thioether (sulfide) groups is 1. The first-order chi connectivity index (χ1) is 15.5. The third kappa shape index (κ3) is 5.03. The van der Waals surface area contributed by atoms with Crippen LogP contribution in [0.2, 0.25) is 0 Å². The summed E-state index contributed by atoms with van der Waals surface area (Å²) in [5, 5.41) is 0. The maximum absolute atomic E-state index is 13.1. The Morgan fingerprint density at radius 3 is 2.53 bits per heavy atom. The van der Waals surface area contributed by atoms with Crippen molar-refractivity contribution < 1.29 is 14.3 Å². The Bertz CT molecular complexity index is 1170. The summed E-state index contributed by atoms with van der Waals surface area (Å²) in [4.78, 5) is 15.3. The molecule has 4 nitrogen and oxygen atoms in total. The number of para-hydroxylation sites is 1. The molecule has 1 aliphatic heterocycles. The predicted molar refractivity (Wildman–Crippen MR) is 135 cm³/mol. The molecule has 0 aromatic heterocycles. The molecular weight excluding hydrogens is 438 g/mol. The van der Waals surface area contributed by atoms with E-state index in [2.05, 4.69) is 19.1 Å². The fourth-order valence-corrected chi connectivity index (χ4v) is 4.67. The third-order valence-corrected chi connectivity index (χ3v) is 6.18. The maximum Gasteiger partial charge on any atom is 0.270 e. The summed E-state index contributed by atoms with van der Waals surface area (Å²) in [5.74, 6) is 1.34. The summed E-state index contributed by atoms with van der Waals surface area (Å²) in [5.41, 5.74) is 3.86. The van der Waals surface area contributed by atoms with Gasteiger partial charge in [-0.1, -0.05) is 72.0 Å². The summed E-state index contributed by atoms with van der Waals surface area (Å²) in [6, 6.07) is 23.3. The molecule has 0 N–H and O–H groups in total. The van der Waals surface area contributed by atoms with Crippen LogP contribution in [0.15, 0.2) is 77.7 Å². The van der Waals surface area contributed by atoms with Crippen molar-refractivity contribution in [2.75, 3.05) is 11.5 Å². The van der Waals surface area contributed by atoms with E-state index in [1.54, 1.807) is 4.90 Å². The molecule has 0 saturated carbocycles. The fraction of sp³-hybridized carbons (Fsp3) is 0.154. The van der Waals surface area contributed by atoms with E-state index in [0.717, 1.165) is 28.3 Å². The van der Waals surface area contributed by atoms with E-state index in [4.69, 9.17) is 21.7 Å². The zero-order valence-electron chi connectivity index (χ0n) is 17.9. The van der Waals surface area contributed by atoms with Gasteiger partial charge in [0, 0.05) is 5.56 Å². The molecule has 1 heterocycles. The van der Waals surface area contributed by atoms with Crippen LogP contribution in [0.5, 0.6) is 11.5 Å². The lowest BCUT2D eigenvalue weighted by molar-refractivity contribution is -0.113. The van der Waals surface area contributed by atoms with Crippen LogP contribution in [-0.2, 0) is 11.4 Å². The van der Waals surface area contributed by atoms with Gasteiger partial charge in [-0.2, -0.15) is 0 Å². The van der Waals surface area contributed by atoms with E-state index in [9.17, 15) is 4.79 Å². The van der Waals surface area contributed by atoms with Crippen LogP contribution < -0.4 is 14.4 Å². The Balaban J connectivity index is 1.54. The lowest BCUT2D eigenvalue weighted by atomic mass is 10.1. The highest BCUT2D eigenvalue weighted by molar-refractivity contribution is 8.27. The number of nitrogens with zero attached hydrogens (tertiary/aromatic N) is 1. The Morgan fingerprint density at radius 2 is 1.78 bits per heavy atom. The second kappa shape index (κ2) is 10.0. The van der Waals surface area contributed by atoms with Crippen molar-refractivity contribution >= 4 is 46.0 Å². The van der Waals surface area contributed by atoms with Gasteiger partial charge in [-0.3, -0.25) is 9.69 Å². The topological polar surface area (TPSA) is 38.8 Å². The van der Waals surface area contributed by atoms with Crippen molar-refractivity contribution in [3.8, 4) is 11.5 Å². The van der Waals surface area contributed by atoms with Crippen LogP contribution in [0.3, 0.4) is 0 Å². The second-order valence-electron chi connectivity index (χ2n) is 7.26. The molecule has 162 valence electrons. The molecule has 4 rings (SSSR count). The summed E-state index contributed by atoms with van der Waals surface area (Å²) >= 11 is 6.79. The molecule has 3 aromatic rings. The number of aryl methyl sites for hydroxylation is 1. The van der Waals surface area contributed by atoms with Crippen LogP contribution in [0, 0.1) is 6.92 Å². The molecule has 0 bridgehead atoms. The van der Waals surface area contributed by atoms with Crippen molar-refractivity contribution in [2.24, 2.45) is 0 Å². The first-order valence-corrected chi connectivity index (χ1v) is 11.6. The van der Waals surface area contributed by atoms with Gasteiger partial charge in [-0.05, 0) is 55.8 Å². The first-order valence-electron chi connectivity index (χ1n) is 10.3. The van der Waals surface area contributed by atoms with E-state index in [1.165, 1.54) is 17.3 Å². The number of carbonyl (C=O) groups excluding carboxylic acids is 1. The molecule has 1 fully saturated rings. The van der Waals surface area contributed by atoms with E-state index in [-0.39, 0.29) is 5.91 Å². The van der Waals surface area contributed by atoms with E-state index in [0.29, 0.717) is 22.4 Å². The Hall–Kier alpha value is -3.09. The van der Waals surface area contributed by atoms with Gasteiger partial charge in [0.2, 0.25) is 0 Å². The van der Waals surface area contributed by atoms with Crippen molar-refractivity contribution in [3.05, 3.63) is 94.4 Å². The summed E-state index contributed by atoms with van der Waals surface area (Å²) < 4.78 is 12.1. The summed E-state index contributed by atoms with van der Waals surface area (Å²) in [6.07, 6.45) is 1.85. The van der Waals surface area contributed by atoms with Crippen LogP contribution in [0.1, 0.15) is 23.6 Å². The average molecular weight is 462 g/mol. The second-order valence-corrected chi connectivity index (χ2v) is 8.94. The highest BCUT2D eigenvalue weighted by Crippen LogP contribution is 2.37. The maximum atomic E-state index is 13.1. The number of benzene rings is 3. The standard InChI is InChI=1S/C26H23NO3S2/c1-3-29-22-13-11-21(12-14-22)27-25(28)24(32-26(27)31)16-20-9-4-5-10-23(20)30-17-19-8-6-7-18(2)15-19/h4-16H,3,17H2,1-2H3/b24-16+. The number of rotatable bonds is 7. The lowest BCUT2D eigenvalue weighted by Crippen LogP contribution is -2.27. The summed E-state index contributed by atoms with van der Waals surface area (Å²) in [7, 11) is 0. The van der Waals surface area contributed by atoms with Crippen molar-refractivity contribution in [1.82, 2.24) is 0 Å². The number of ether oxygens (including phenoxy) is 2. The van der Waals surface area contributed by atoms with Gasteiger partial charge in [-0.15, -0.1) is 0 Å². The number of carbonyl (C=O) groups is 1. The zero-order valence-corrected chi connectivity index (χ0v) is 19.5. The molecule has 6 heteroatoms. The van der Waals surface area contributed by atoms with E-state index < -0.39 is 0 Å². The van der Waals surface area contributed by atoms with E-state index >= 15 is 0 Å². The highest BCUT2D eigenvalue weighted by Gasteiger charge is 2.33. The molecule has 0 unspecified atom stereocenters. The minimum atomic E-state index is -0.141. The van der Waals surface area contributed by atoms with E-state index in [1.807, 2.05) is 73.7 Å². The molecular formula is C26H23NO3S2. The average Bonchev–Trinajstić information content (AvgIpc) is 3.07. The minimum Gasteiger partial charge on any atom is -0.494 e. The minimum absolute atomic E-state index is 0.141. The smallest absolute Gasteiger partial charge is 0.270 e. The molecule has 0 spiro atoms. The van der Waals surface area contributed by atoms with Crippen LogP contribution in [0.4, 0.5) is 5.69 Å². The first kappa shape index (κ1) is 22.1. The van der Waals surface area contributed by atoms with Gasteiger partial charge in [-0.25, -0.2) is 0 Å². The number of anilines is 1. The number of hydrogen-bond donors (Lipinski definition) is 0. The van der Waals surface area contributed by atoms with Gasteiger partial charge in [0.15, 0.2) is 4.32 Å². The Kier molecular flexibility index (Phi) is 6.93. The fourth-order valence-electron chi connectivity index (χ4n) is 3.38. The van der Waals surface area contributed by atoms with Gasteiger partial charge in [0.1, 0.15) is 18.1 Å². The molecule has 0 aliphatic carbocycles. The van der Waals surface area contributed by atoms with Crippen LogP contribution in [-0.4, -0.2) is 16.8 Å². The third-order valence-electron chi connectivity index (χ3n) is 4.88. The summed E-state index contributed by atoms with van der Waals surface area (Å²) in [6.45, 7) is 5.04. The van der Waals surface area contributed by atoms with Crippen LogP contribution in [0.25, 0.3) is 6.08 Å². The molecule has 0 radical (unpaired) electrons. The van der Waals surface area contributed by atoms with Crippen LogP contribution >= 0.6 is 24.0 Å². The van der Waals surface area contributed by atoms with Crippen molar-refractivity contribution in [1.29, 1.82) is 0 Å². The monoisotopic (exact) mass is 461 g/mol. The van der Waals surface area contributed by atoms with Gasteiger partial charge in [0.05, 0.1) is 17.2 Å². The molecule has 1 aliphatic rings. The number of amides is 1. The number of hydrogen-bond acceptors (Lipinski definition) is 5. The SMILES string of the molecule is CCOc1ccc(N2C(=O)/C(=C\c3ccccc3OCc3cccc(C)c3)SC2=S)cc1. The predicted octanol–water partition coefficient (Wildman–Crippen LogP) is 6.38. The quantitative estimate of drug-likeness (QED) is 0.302. The van der Waals surface area contributed by atoms with Gasteiger partial charge >= 0.3 is 0 Å². The zero-order chi connectivity index (χ0) is 22.5. The largest absolute Gasteiger partial charge is 0.494 e.